The minimum absolute atomic E-state index is 0.0387. The van der Waals surface area contributed by atoms with E-state index in [4.69, 9.17) is 4.74 Å². The van der Waals surface area contributed by atoms with E-state index in [1.807, 2.05) is 25.1 Å². The van der Waals surface area contributed by atoms with Crippen LogP contribution < -0.4 is 20.3 Å². The van der Waals surface area contributed by atoms with Crippen LogP contribution in [0, 0.1) is 12.8 Å². The third-order valence-corrected chi connectivity index (χ3v) is 4.15. The average Bonchev–Trinajstić information content (AvgIpc) is 2.96. The minimum atomic E-state index is -0.311. The first kappa shape index (κ1) is 18.3. The lowest BCUT2D eigenvalue weighted by molar-refractivity contribution is -0.126. The number of benzene rings is 1. The van der Waals surface area contributed by atoms with Gasteiger partial charge in [0.15, 0.2) is 0 Å². The van der Waals surface area contributed by atoms with E-state index in [0.717, 1.165) is 30.8 Å². The number of hydrogen-bond donors (Lipinski definition) is 2. The third kappa shape index (κ3) is 4.47. The van der Waals surface area contributed by atoms with E-state index < -0.39 is 0 Å². The Hall–Kier alpha value is -2.08. The summed E-state index contributed by atoms with van der Waals surface area (Å²) >= 11 is 0. The lowest BCUT2D eigenvalue weighted by Gasteiger charge is -2.20. The van der Waals surface area contributed by atoms with Crippen molar-refractivity contribution >= 4 is 17.5 Å². The molecule has 1 unspecified atom stereocenters. The van der Waals surface area contributed by atoms with Crippen LogP contribution in [0.25, 0.3) is 0 Å². The van der Waals surface area contributed by atoms with Gasteiger partial charge >= 0.3 is 0 Å². The molecule has 2 N–H and O–H groups in total. The van der Waals surface area contributed by atoms with Crippen molar-refractivity contribution in [2.24, 2.45) is 5.92 Å². The number of methoxy groups -OCH3 is 1. The van der Waals surface area contributed by atoms with Crippen molar-refractivity contribution in [2.45, 2.75) is 26.7 Å². The summed E-state index contributed by atoms with van der Waals surface area (Å²) in [6, 6.07) is 5.72. The predicted octanol–water partition coefficient (Wildman–Crippen LogP) is 1.47. The number of carbonyl (C=O) groups is 2. The zero-order valence-electron chi connectivity index (χ0n) is 14.7. The van der Waals surface area contributed by atoms with Crippen molar-refractivity contribution in [3.8, 4) is 5.75 Å². The molecule has 6 heteroatoms. The molecule has 1 aliphatic rings. The van der Waals surface area contributed by atoms with Gasteiger partial charge in [-0.1, -0.05) is 13.0 Å². The van der Waals surface area contributed by atoms with Crippen LogP contribution in [0.4, 0.5) is 5.69 Å². The molecule has 2 rings (SSSR count). The molecule has 0 bridgehead atoms. The first-order valence-corrected chi connectivity index (χ1v) is 8.50. The summed E-state index contributed by atoms with van der Waals surface area (Å²) in [7, 11) is 1.59. The summed E-state index contributed by atoms with van der Waals surface area (Å²) in [4.78, 5) is 26.3. The van der Waals surface area contributed by atoms with Crippen molar-refractivity contribution < 1.29 is 14.3 Å². The van der Waals surface area contributed by atoms with Crippen LogP contribution in [-0.4, -0.2) is 45.1 Å². The Kier molecular flexibility index (Phi) is 6.61. The van der Waals surface area contributed by atoms with Crippen LogP contribution in [0.15, 0.2) is 18.2 Å². The first-order valence-electron chi connectivity index (χ1n) is 8.50. The molecule has 24 heavy (non-hydrogen) atoms. The molecule has 0 aromatic heterocycles. The number of nitrogens with zero attached hydrogens (tertiary/aromatic N) is 1. The van der Waals surface area contributed by atoms with Crippen LogP contribution in [-0.2, 0) is 9.59 Å². The molecule has 1 aromatic rings. The topological polar surface area (TPSA) is 70.7 Å². The molecular weight excluding hydrogens is 306 g/mol. The zero-order valence-corrected chi connectivity index (χ0v) is 14.7. The maximum Gasteiger partial charge on any atom is 0.227 e. The Bertz CT molecular complexity index is 589. The number of aryl methyl sites for hydroxylation is 1. The SMILES string of the molecule is CCCNCCNC(=O)C1CC(=O)N(c2cc(C)ccc2OC)C1. The number of anilines is 1. The molecule has 0 aliphatic carbocycles. The summed E-state index contributed by atoms with van der Waals surface area (Å²) in [5.74, 6) is 0.242. The Morgan fingerprint density at radius 1 is 1.33 bits per heavy atom. The van der Waals surface area contributed by atoms with Gasteiger partial charge in [-0.3, -0.25) is 9.59 Å². The lowest BCUT2D eigenvalue weighted by Crippen LogP contribution is -2.37. The predicted molar refractivity (Wildman–Crippen MR) is 94.4 cm³/mol. The van der Waals surface area contributed by atoms with E-state index in [0.29, 0.717) is 18.8 Å². The van der Waals surface area contributed by atoms with Crippen LogP contribution in [0.2, 0.25) is 0 Å². The van der Waals surface area contributed by atoms with Gasteiger partial charge in [0.1, 0.15) is 5.75 Å². The lowest BCUT2D eigenvalue weighted by atomic mass is 10.1. The van der Waals surface area contributed by atoms with E-state index in [9.17, 15) is 9.59 Å². The molecule has 1 saturated heterocycles. The minimum Gasteiger partial charge on any atom is -0.495 e. The Morgan fingerprint density at radius 2 is 2.12 bits per heavy atom. The first-order chi connectivity index (χ1) is 11.6. The molecule has 1 aromatic carbocycles. The second kappa shape index (κ2) is 8.68. The molecule has 1 atom stereocenters. The molecular formula is C18H27N3O3. The Morgan fingerprint density at radius 3 is 2.83 bits per heavy atom. The normalized spacial score (nSPS) is 17.2. The molecule has 2 amide bonds. The van der Waals surface area contributed by atoms with Gasteiger partial charge in [0.05, 0.1) is 18.7 Å². The van der Waals surface area contributed by atoms with E-state index in [1.165, 1.54) is 0 Å². The number of rotatable bonds is 8. The van der Waals surface area contributed by atoms with Gasteiger partial charge in [0.2, 0.25) is 11.8 Å². The van der Waals surface area contributed by atoms with E-state index >= 15 is 0 Å². The largest absolute Gasteiger partial charge is 0.495 e. The van der Waals surface area contributed by atoms with E-state index in [1.54, 1.807) is 12.0 Å². The molecule has 1 heterocycles. The van der Waals surface area contributed by atoms with Crippen LogP contribution in [0.5, 0.6) is 5.75 Å². The highest BCUT2D eigenvalue weighted by atomic mass is 16.5. The third-order valence-electron chi connectivity index (χ3n) is 4.15. The van der Waals surface area contributed by atoms with Gasteiger partial charge in [-0.2, -0.15) is 0 Å². The number of hydrogen-bond acceptors (Lipinski definition) is 4. The zero-order chi connectivity index (χ0) is 17.5. The van der Waals surface area contributed by atoms with Crippen LogP contribution in [0.1, 0.15) is 25.3 Å². The summed E-state index contributed by atoms with van der Waals surface area (Å²) in [6.07, 6.45) is 1.31. The fourth-order valence-corrected chi connectivity index (χ4v) is 2.85. The number of carbonyl (C=O) groups excluding carboxylic acids is 2. The van der Waals surface area contributed by atoms with Crippen molar-refractivity contribution in [1.82, 2.24) is 10.6 Å². The molecule has 1 aliphatic heterocycles. The van der Waals surface area contributed by atoms with Crippen molar-refractivity contribution in [2.75, 3.05) is 38.2 Å². The molecule has 0 saturated carbocycles. The van der Waals surface area contributed by atoms with Gasteiger partial charge in [0, 0.05) is 26.1 Å². The number of ether oxygens (including phenoxy) is 1. The van der Waals surface area contributed by atoms with Gasteiger partial charge in [-0.15, -0.1) is 0 Å². The maximum absolute atomic E-state index is 12.4. The second-order valence-electron chi connectivity index (χ2n) is 6.12. The fraction of sp³-hybridized carbons (Fsp3) is 0.556. The van der Waals surface area contributed by atoms with Gasteiger partial charge < -0.3 is 20.3 Å². The van der Waals surface area contributed by atoms with Crippen molar-refractivity contribution in [3.63, 3.8) is 0 Å². The fourth-order valence-electron chi connectivity index (χ4n) is 2.85. The molecule has 6 nitrogen and oxygen atoms in total. The molecule has 0 spiro atoms. The molecule has 1 fully saturated rings. The summed E-state index contributed by atoms with van der Waals surface area (Å²) in [5.41, 5.74) is 1.79. The number of nitrogens with one attached hydrogen (secondary N) is 2. The standard InChI is InChI=1S/C18H27N3O3/c1-4-7-19-8-9-20-18(23)14-11-17(22)21(12-14)15-10-13(2)5-6-16(15)24-3/h5-6,10,14,19H,4,7-9,11-12H2,1-3H3,(H,20,23). The van der Waals surface area contributed by atoms with Crippen LogP contribution in [0.3, 0.4) is 0 Å². The van der Waals surface area contributed by atoms with Gasteiger partial charge in [-0.05, 0) is 37.6 Å². The van der Waals surface area contributed by atoms with Gasteiger partial charge in [-0.25, -0.2) is 0 Å². The van der Waals surface area contributed by atoms with E-state index in [2.05, 4.69) is 17.6 Å². The Balaban J connectivity index is 1.96. The monoisotopic (exact) mass is 333 g/mol. The highest BCUT2D eigenvalue weighted by molar-refractivity contribution is 6.01. The highest BCUT2D eigenvalue weighted by Crippen LogP contribution is 2.33. The average molecular weight is 333 g/mol. The summed E-state index contributed by atoms with van der Waals surface area (Å²) < 4.78 is 5.36. The van der Waals surface area contributed by atoms with E-state index in [-0.39, 0.29) is 24.2 Å². The van der Waals surface area contributed by atoms with Gasteiger partial charge in [0.25, 0.3) is 0 Å². The highest BCUT2D eigenvalue weighted by Gasteiger charge is 2.36. The summed E-state index contributed by atoms with van der Waals surface area (Å²) in [5, 5.41) is 6.14. The molecule has 0 radical (unpaired) electrons. The smallest absolute Gasteiger partial charge is 0.227 e. The van der Waals surface area contributed by atoms with Crippen molar-refractivity contribution in [3.05, 3.63) is 23.8 Å². The number of amides is 2. The quantitative estimate of drug-likeness (QED) is 0.707. The van der Waals surface area contributed by atoms with Crippen LogP contribution >= 0.6 is 0 Å². The van der Waals surface area contributed by atoms with Crippen molar-refractivity contribution in [1.29, 1.82) is 0 Å². The molecule has 132 valence electrons. The maximum atomic E-state index is 12.4. The second-order valence-corrected chi connectivity index (χ2v) is 6.12. The summed E-state index contributed by atoms with van der Waals surface area (Å²) in [6.45, 7) is 6.74. The Labute approximate surface area is 143 Å².